The highest BCUT2D eigenvalue weighted by atomic mass is 32.1. The molecule has 0 unspecified atom stereocenters. The van der Waals surface area contributed by atoms with Gasteiger partial charge in [0.1, 0.15) is 4.88 Å². The van der Waals surface area contributed by atoms with Crippen LogP contribution in [0.25, 0.3) is 0 Å². The summed E-state index contributed by atoms with van der Waals surface area (Å²) in [5, 5.41) is 9.87. The zero-order chi connectivity index (χ0) is 22.6. The van der Waals surface area contributed by atoms with Crippen molar-refractivity contribution in [2.75, 3.05) is 4.90 Å². The minimum absolute atomic E-state index is 0.0198. The van der Waals surface area contributed by atoms with Crippen LogP contribution in [-0.4, -0.2) is 17.0 Å². The van der Waals surface area contributed by atoms with E-state index < -0.39 is 5.97 Å². The molecule has 1 amide bonds. The molecule has 0 radical (unpaired) electrons. The molecule has 2 aromatic rings. The maximum absolute atomic E-state index is 13.6. The third-order valence-corrected chi connectivity index (χ3v) is 6.60. The Labute approximate surface area is 189 Å². The predicted octanol–water partition coefficient (Wildman–Crippen LogP) is 6.20. The van der Waals surface area contributed by atoms with Gasteiger partial charge in [-0.2, -0.15) is 0 Å². The molecule has 1 saturated carbocycles. The quantitative estimate of drug-likeness (QED) is 0.566. The van der Waals surface area contributed by atoms with Gasteiger partial charge < -0.3 is 10.0 Å². The van der Waals surface area contributed by atoms with Gasteiger partial charge >= 0.3 is 5.97 Å². The molecule has 0 saturated heterocycles. The van der Waals surface area contributed by atoms with Crippen LogP contribution in [0.2, 0.25) is 0 Å². The molecule has 0 bridgehead atoms. The van der Waals surface area contributed by atoms with Crippen molar-refractivity contribution < 1.29 is 14.7 Å². The number of aromatic carboxylic acids is 1. The molecule has 1 aliphatic rings. The van der Waals surface area contributed by atoms with E-state index in [9.17, 15) is 14.7 Å². The Bertz CT molecular complexity index is 983. The third-order valence-electron chi connectivity index (χ3n) is 5.57. The zero-order valence-electron chi connectivity index (χ0n) is 18.8. The summed E-state index contributed by atoms with van der Waals surface area (Å²) in [5.74, 6) is 5.85. The van der Waals surface area contributed by atoms with Crippen LogP contribution in [0.15, 0.2) is 36.4 Å². The van der Waals surface area contributed by atoms with Crippen LogP contribution in [0.5, 0.6) is 0 Å². The molecular weight excluding hydrogens is 406 g/mol. The van der Waals surface area contributed by atoms with Crippen molar-refractivity contribution in [1.82, 2.24) is 0 Å². The Morgan fingerprint density at radius 3 is 2.35 bits per heavy atom. The van der Waals surface area contributed by atoms with E-state index in [0.29, 0.717) is 23.0 Å². The first-order valence-corrected chi connectivity index (χ1v) is 11.7. The Hall–Kier alpha value is -2.58. The van der Waals surface area contributed by atoms with Gasteiger partial charge in [-0.3, -0.25) is 4.79 Å². The van der Waals surface area contributed by atoms with E-state index in [2.05, 4.69) is 18.8 Å². The summed E-state index contributed by atoms with van der Waals surface area (Å²) in [7, 11) is 0. The number of hydrogen-bond acceptors (Lipinski definition) is 3. The van der Waals surface area contributed by atoms with Crippen molar-refractivity contribution >= 4 is 28.9 Å². The minimum Gasteiger partial charge on any atom is -0.477 e. The van der Waals surface area contributed by atoms with E-state index in [-0.39, 0.29) is 22.1 Å². The van der Waals surface area contributed by atoms with Crippen LogP contribution in [0.4, 0.5) is 5.69 Å². The first kappa shape index (κ1) is 23.1. The fourth-order valence-electron chi connectivity index (χ4n) is 3.82. The van der Waals surface area contributed by atoms with Gasteiger partial charge in [-0.25, -0.2) is 4.79 Å². The second kappa shape index (κ2) is 9.70. The summed E-state index contributed by atoms with van der Waals surface area (Å²) in [6.07, 6.45) is 3.78. The fraction of sp³-hybridized carbons (Fsp3) is 0.462. The van der Waals surface area contributed by atoms with E-state index >= 15 is 0 Å². The molecule has 31 heavy (non-hydrogen) atoms. The summed E-state index contributed by atoms with van der Waals surface area (Å²) >= 11 is 1.14. The van der Waals surface area contributed by atoms with Crippen molar-refractivity contribution in [2.45, 2.75) is 59.9 Å². The molecule has 164 valence electrons. The number of amides is 1. The van der Waals surface area contributed by atoms with Gasteiger partial charge in [0.15, 0.2) is 0 Å². The minimum atomic E-state index is -1.02. The van der Waals surface area contributed by atoms with Crippen LogP contribution in [-0.2, 0) is 11.3 Å². The third kappa shape index (κ3) is 6.21. The topological polar surface area (TPSA) is 57.6 Å². The van der Waals surface area contributed by atoms with E-state index in [1.54, 1.807) is 11.0 Å². The average molecular weight is 438 g/mol. The number of carboxylic acid groups (broad SMARTS) is 1. The normalized spacial score (nSPS) is 18.7. The first-order valence-electron chi connectivity index (χ1n) is 10.9. The number of carbonyl (C=O) groups is 2. The smallest absolute Gasteiger partial charge is 0.348 e. The molecule has 0 spiro atoms. The lowest BCUT2D eigenvalue weighted by molar-refractivity contribution is -0.123. The molecule has 1 aromatic heterocycles. The maximum Gasteiger partial charge on any atom is 0.348 e. The summed E-state index contributed by atoms with van der Waals surface area (Å²) in [5.41, 5.74) is 1.25. The molecule has 3 rings (SSSR count). The lowest BCUT2D eigenvalue weighted by Gasteiger charge is -2.31. The number of benzene rings is 1. The largest absolute Gasteiger partial charge is 0.477 e. The van der Waals surface area contributed by atoms with Crippen LogP contribution >= 0.6 is 11.3 Å². The van der Waals surface area contributed by atoms with Crippen molar-refractivity contribution in [3.05, 3.63) is 51.7 Å². The van der Waals surface area contributed by atoms with Gasteiger partial charge in [-0.1, -0.05) is 49.1 Å². The summed E-state index contributed by atoms with van der Waals surface area (Å²) < 4.78 is 0. The molecule has 0 atom stereocenters. The van der Waals surface area contributed by atoms with Gasteiger partial charge in [0.25, 0.3) is 0 Å². The fourth-order valence-corrected chi connectivity index (χ4v) is 4.67. The van der Waals surface area contributed by atoms with Crippen molar-refractivity contribution in [2.24, 2.45) is 17.3 Å². The first-order chi connectivity index (χ1) is 14.6. The van der Waals surface area contributed by atoms with Crippen LogP contribution in [0, 0.1) is 29.1 Å². The van der Waals surface area contributed by atoms with Gasteiger partial charge in [-0.15, -0.1) is 11.3 Å². The van der Waals surface area contributed by atoms with Crippen LogP contribution in [0.3, 0.4) is 0 Å². The molecular formula is C26H31NO3S. The Kier molecular flexibility index (Phi) is 7.23. The molecule has 5 heteroatoms. The van der Waals surface area contributed by atoms with Gasteiger partial charge in [0.2, 0.25) is 5.91 Å². The van der Waals surface area contributed by atoms with E-state index in [1.165, 1.54) is 0 Å². The van der Waals surface area contributed by atoms with Gasteiger partial charge in [0, 0.05) is 11.3 Å². The molecule has 1 N–H and O–H groups in total. The zero-order valence-corrected chi connectivity index (χ0v) is 19.6. The van der Waals surface area contributed by atoms with E-state index in [4.69, 9.17) is 0 Å². The van der Waals surface area contributed by atoms with Crippen molar-refractivity contribution in [3.63, 3.8) is 0 Å². The highest BCUT2D eigenvalue weighted by molar-refractivity contribution is 7.15. The van der Waals surface area contributed by atoms with Crippen molar-refractivity contribution in [1.29, 1.82) is 0 Å². The van der Waals surface area contributed by atoms with Crippen molar-refractivity contribution in [3.8, 4) is 11.8 Å². The Morgan fingerprint density at radius 1 is 1.13 bits per heavy atom. The maximum atomic E-state index is 13.6. The summed E-state index contributed by atoms with van der Waals surface area (Å²) in [6, 6.07) is 11.5. The monoisotopic (exact) mass is 437 g/mol. The second-order valence-corrected chi connectivity index (χ2v) is 10.5. The standard InChI is InChI=1S/C26H31NO3S/c1-18-10-12-20(13-11-18)24(28)27(17-19-8-6-5-7-9-19)22-16-21(14-15-26(2,3)4)31-23(22)25(29)30/h5-9,16,18,20H,10-13,17H2,1-4H3,(H,29,30)/t18-,20-. The van der Waals surface area contributed by atoms with Crippen LogP contribution < -0.4 is 4.90 Å². The van der Waals surface area contributed by atoms with Gasteiger partial charge in [0.05, 0.1) is 17.1 Å². The summed E-state index contributed by atoms with van der Waals surface area (Å²) in [4.78, 5) is 28.2. The Morgan fingerprint density at radius 2 is 1.77 bits per heavy atom. The number of nitrogens with zero attached hydrogens (tertiary/aromatic N) is 1. The molecule has 1 aromatic carbocycles. The number of anilines is 1. The highest BCUT2D eigenvalue weighted by Gasteiger charge is 2.32. The lowest BCUT2D eigenvalue weighted by Crippen LogP contribution is -2.37. The summed E-state index contributed by atoms with van der Waals surface area (Å²) in [6.45, 7) is 8.63. The SMILES string of the molecule is CC(C)(C)C#Cc1cc(N(Cc2ccccc2)C(=O)[C@H]2CC[C@H](C)CC2)c(C(=O)O)s1. The number of rotatable bonds is 5. The molecule has 1 fully saturated rings. The lowest BCUT2D eigenvalue weighted by atomic mass is 9.82. The molecule has 0 aliphatic heterocycles. The predicted molar refractivity (Wildman–Crippen MR) is 126 cm³/mol. The molecule has 1 aliphatic carbocycles. The number of thiophene rings is 1. The second-order valence-electron chi connectivity index (χ2n) is 9.50. The Balaban J connectivity index is 2.01. The van der Waals surface area contributed by atoms with Crippen LogP contribution in [0.1, 0.15) is 73.5 Å². The number of hydrogen-bond donors (Lipinski definition) is 1. The van der Waals surface area contributed by atoms with E-state index in [1.807, 2.05) is 51.1 Å². The molecule has 4 nitrogen and oxygen atoms in total. The van der Waals surface area contributed by atoms with Gasteiger partial charge in [-0.05, 0) is 64.0 Å². The number of carbonyl (C=O) groups excluding carboxylic acids is 1. The average Bonchev–Trinajstić information content (AvgIpc) is 3.15. The highest BCUT2D eigenvalue weighted by Crippen LogP contribution is 2.36. The van der Waals surface area contributed by atoms with E-state index in [0.717, 1.165) is 42.6 Å². The molecule has 1 heterocycles. The number of carboxylic acids is 1.